The number of esters is 1. The Morgan fingerprint density at radius 1 is 0.906 bits per heavy atom. The molecule has 0 aromatic heterocycles. The minimum atomic E-state index is -1.29. The fourth-order valence-electron chi connectivity index (χ4n) is 3.86. The molecular weight excluding hydrogens is 416 g/mol. The van der Waals surface area contributed by atoms with E-state index in [9.17, 15) is 25.2 Å². The van der Waals surface area contributed by atoms with E-state index in [1.54, 1.807) is 6.92 Å². The summed E-state index contributed by atoms with van der Waals surface area (Å²) in [6.07, 6.45) is 8.34. The quantitative estimate of drug-likeness (QED) is 0.181. The highest BCUT2D eigenvalue weighted by Crippen LogP contribution is 2.26. The van der Waals surface area contributed by atoms with Gasteiger partial charge in [0.15, 0.2) is 6.29 Å². The summed E-state index contributed by atoms with van der Waals surface area (Å²) in [5.74, 6) is -0.796. The number of aliphatic hydroxyl groups excluding tert-OH is 4. The van der Waals surface area contributed by atoms with Crippen LogP contribution in [0.3, 0.4) is 0 Å². The molecule has 0 radical (unpaired) electrons. The molecule has 0 aromatic carbocycles. The monoisotopic (exact) mass is 462 g/mol. The normalized spacial score (nSPS) is 26.8. The van der Waals surface area contributed by atoms with E-state index in [1.807, 2.05) is 0 Å². The van der Waals surface area contributed by atoms with Crippen LogP contribution in [0.25, 0.3) is 0 Å². The van der Waals surface area contributed by atoms with Crippen LogP contribution in [0.2, 0.25) is 0 Å². The van der Waals surface area contributed by atoms with Gasteiger partial charge in [-0.1, -0.05) is 78.1 Å². The molecule has 1 heterocycles. The van der Waals surface area contributed by atoms with Crippen molar-refractivity contribution >= 4 is 5.97 Å². The number of rotatable bonds is 18. The van der Waals surface area contributed by atoms with Gasteiger partial charge in [-0.05, 0) is 6.42 Å². The highest BCUT2D eigenvalue weighted by atomic mass is 16.7. The number of ether oxygens (including phenoxy) is 3. The lowest BCUT2D eigenvalue weighted by molar-refractivity contribution is -0.292. The van der Waals surface area contributed by atoms with E-state index in [-0.39, 0.29) is 25.8 Å². The van der Waals surface area contributed by atoms with Gasteiger partial charge in [-0.2, -0.15) is 0 Å². The second-order valence-electron chi connectivity index (χ2n) is 9.02. The van der Waals surface area contributed by atoms with Crippen molar-refractivity contribution in [2.45, 2.75) is 122 Å². The van der Waals surface area contributed by atoms with Crippen molar-refractivity contribution in [3.8, 4) is 0 Å². The third kappa shape index (κ3) is 11.9. The fourth-order valence-corrected chi connectivity index (χ4v) is 3.86. The Hall–Kier alpha value is -0.770. The van der Waals surface area contributed by atoms with Gasteiger partial charge in [-0.15, -0.1) is 0 Å². The molecule has 8 nitrogen and oxygen atoms in total. The molecule has 1 fully saturated rings. The molecule has 0 aliphatic carbocycles. The van der Waals surface area contributed by atoms with Crippen LogP contribution >= 0.6 is 0 Å². The smallest absolute Gasteiger partial charge is 0.305 e. The largest absolute Gasteiger partial charge is 0.463 e. The van der Waals surface area contributed by atoms with E-state index < -0.39 is 36.6 Å². The molecule has 1 rings (SSSR count). The molecule has 32 heavy (non-hydrogen) atoms. The minimum Gasteiger partial charge on any atom is -0.463 e. The fraction of sp³-hybridized carbons (Fsp3) is 0.958. The first-order valence-electron chi connectivity index (χ1n) is 12.5. The first-order valence-corrected chi connectivity index (χ1v) is 12.5. The predicted octanol–water partition coefficient (Wildman–Crippen LogP) is 2.68. The van der Waals surface area contributed by atoms with Crippen LogP contribution in [0, 0.1) is 5.92 Å². The van der Waals surface area contributed by atoms with Gasteiger partial charge in [0.2, 0.25) is 0 Å². The van der Waals surface area contributed by atoms with E-state index in [2.05, 4.69) is 6.92 Å². The summed E-state index contributed by atoms with van der Waals surface area (Å²) in [6, 6.07) is 0. The van der Waals surface area contributed by atoms with E-state index in [4.69, 9.17) is 14.2 Å². The molecule has 0 saturated carbocycles. The summed E-state index contributed by atoms with van der Waals surface area (Å²) in [7, 11) is 0. The number of carbonyl (C=O) groups is 1. The zero-order chi connectivity index (χ0) is 23.8. The topological polar surface area (TPSA) is 126 Å². The van der Waals surface area contributed by atoms with Gasteiger partial charge in [0.05, 0.1) is 25.4 Å². The second-order valence-corrected chi connectivity index (χ2v) is 9.02. The number of hydrogen-bond acceptors (Lipinski definition) is 8. The maximum Gasteiger partial charge on any atom is 0.305 e. The highest BCUT2D eigenvalue weighted by Gasteiger charge is 2.42. The Kier molecular flexibility index (Phi) is 16.2. The third-order valence-electron chi connectivity index (χ3n) is 6.12. The van der Waals surface area contributed by atoms with Crippen molar-refractivity contribution < 1.29 is 39.4 Å². The number of hydrogen-bond donors (Lipinski definition) is 4. The number of unbranched alkanes of at least 4 members (excludes halogenated alkanes) is 10. The van der Waals surface area contributed by atoms with Crippen molar-refractivity contribution in [2.24, 2.45) is 5.92 Å². The lowest BCUT2D eigenvalue weighted by Gasteiger charge is -2.40. The van der Waals surface area contributed by atoms with Crippen LogP contribution in [0.15, 0.2) is 0 Å². The van der Waals surface area contributed by atoms with Gasteiger partial charge in [-0.3, -0.25) is 4.79 Å². The average molecular weight is 463 g/mol. The second kappa shape index (κ2) is 17.7. The van der Waals surface area contributed by atoms with Crippen molar-refractivity contribution in [1.29, 1.82) is 0 Å². The zero-order valence-corrected chi connectivity index (χ0v) is 20.0. The van der Waals surface area contributed by atoms with Crippen LogP contribution in [-0.2, 0) is 19.0 Å². The molecule has 4 N–H and O–H groups in total. The third-order valence-corrected chi connectivity index (χ3v) is 6.12. The van der Waals surface area contributed by atoms with Gasteiger partial charge in [0, 0.05) is 12.3 Å². The lowest BCUT2D eigenvalue weighted by atomic mass is 9.91. The number of carbonyl (C=O) groups excluding carboxylic acids is 1. The Bertz CT molecular complexity index is 473. The van der Waals surface area contributed by atoms with Gasteiger partial charge >= 0.3 is 5.97 Å². The van der Waals surface area contributed by atoms with Gasteiger partial charge < -0.3 is 34.6 Å². The summed E-state index contributed by atoms with van der Waals surface area (Å²) in [5, 5.41) is 39.3. The molecule has 8 heteroatoms. The van der Waals surface area contributed by atoms with Crippen LogP contribution in [0.5, 0.6) is 0 Å². The molecule has 1 saturated heterocycles. The zero-order valence-electron chi connectivity index (χ0n) is 20.0. The Balaban J connectivity index is 2.03. The summed E-state index contributed by atoms with van der Waals surface area (Å²) >= 11 is 0. The van der Waals surface area contributed by atoms with Gasteiger partial charge in [0.25, 0.3) is 0 Å². The Labute approximate surface area is 193 Å². The van der Waals surface area contributed by atoms with E-state index in [0.29, 0.717) is 6.42 Å². The van der Waals surface area contributed by atoms with Crippen molar-refractivity contribution in [2.75, 3.05) is 19.8 Å². The Morgan fingerprint density at radius 3 is 2.03 bits per heavy atom. The van der Waals surface area contributed by atoms with Crippen LogP contribution in [0.4, 0.5) is 0 Å². The Morgan fingerprint density at radius 2 is 1.47 bits per heavy atom. The summed E-state index contributed by atoms with van der Waals surface area (Å²) in [4.78, 5) is 11.8. The average Bonchev–Trinajstić information content (AvgIpc) is 2.79. The molecule has 190 valence electrons. The van der Waals surface area contributed by atoms with Gasteiger partial charge in [0.1, 0.15) is 18.8 Å². The van der Waals surface area contributed by atoms with Crippen molar-refractivity contribution in [1.82, 2.24) is 0 Å². The predicted molar refractivity (Wildman–Crippen MR) is 121 cm³/mol. The van der Waals surface area contributed by atoms with E-state index >= 15 is 0 Å². The lowest BCUT2D eigenvalue weighted by Crippen LogP contribution is -2.55. The van der Waals surface area contributed by atoms with Crippen molar-refractivity contribution in [3.63, 3.8) is 0 Å². The summed E-state index contributed by atoms with van der Waals surface area (Å²) in [6.45, 7) is 3.14. The maximum atomic E-state index is 11.8. The minimum absolute atomic E-state index is 0.206. The molecule has 6 unspecified atom stereocenters. The molecule has 0 bridgehead atoms. The highest BCUT2D eigenvalue weighted by molar-refractivity contribution is 5.69. The molecule has 1 aliphatic heterocycles. The first kappa shape index (κ1) is 29.3. The molecular formula is C24H46O8. The van der Waals surface area contributed by atoms with E-state index in [1.165, 1.54) is 51.4 Å². The molecule has 6 atom stereocenters. The first-order chi connectivity index (χ1) is 15.4. The van der Waals surface area contributed by atoms with Crippen molar-refractivity contribution in [3.05, 3.63) is 0 Å². The van der Waals surface area contributed by atoms with Crippen LogP contribution in [-0.4, -0.2) is 76.9 Å². The maximum absolute atomic E-state index is 11.8. The van der Waals surface area contributed by atoms with Crippen LogP contribution in [0.1, 0.15) is 90.9 Å². The van der Waals surface area contributed by atoms with E-state index in [0.717, 1.165) is 19.3 Å². The molecule has 1 aliphatic rings. The SMILES string of the molecule is CCCCCCCCCCCCCC(=O)OCC(O)COC1OC(CO)C(C)C(O)C1O. The number of aliphatic hydroxyl groups is 4. The molecule has 0 amide bonds. The molecule has 0 spiro atoms. The summed E-state index contributed by atoms with van der Waals surface area (Å²) in [5.41, 5.74) is 0. The summed E-state index contributed by atoms with van der Waals surface area (Å²) < 4.78 is 15.8. The van der Waals surface area contributed by atoms with Crippen LogP contribution < -0.4 is 0 Å². The van der Waals surface area contributed by atoms with Gasteiger partial charge in [-0.25, -0.2) is 0 Å². The standard InChI is InChI=1S/C24H46O8/c1-3-4-5-6-7-8-9-10-11-12-13-14-21(27)30-16-19(26)17-31-24-23(29)22(28)18(2)20(15-25)32-24/h18-20,22-26,28-29H,3-17H2,1-2H3. The molecule has 0 aromatic rings.